The third-order valence-corrected chi connectivity index (χ3v) is 2.17. The summed E-state index contributed by atoms with van der Waals surface area (Å²) in [6, 6.07) is 6.18. The highest BCUT2D eigenvalue weighted by Crippen LogP contribution is 2.20. The molecule has 1 aliphatic rings. The minimum atomic E-state index is 0.0283. The molecule has 0 aromatic carbocycles. The van der Waals surface area contributed by atoms with E-state index in [1.807, 2.05) is 18.2 Å². The second-order valence-corrected chi connectivity index (χ2v) is 3.01. The first-order valence-corrected chi connectivity index (χ1v) is 4.20. The molecule has 0 saturated carbocycles. The van der Waals surface area contributed by atoms with Gasteiger partial charge in [-0.2, -0.15) is 0 Å². The quantitative estimate of drug-likeness (QED) is 0.673. The van der Waals surface area contributed by atoms with E-state index in [0.29, 0.717) is 6.04 Å². The number of hydrogen-bond donors (Lipinski definition) is 2. The minimum absolute atomic E-state index is 0.0283. The van der Waals surface area contributed by atoms with Gasteiger partial charge in [0.2, 0.25) is 0 Å². The van der Waals surface area contributed by atoms with Crippen LogP contribution in [0.1, 0.15) is 23.9 Å². The van der Waals surface area contributed by atoms with E-state index in [2.05, 4.69) is 10.3 Å². The van der Waals surface area contributed by atoms with Crippen molar-refractivity contribution < 1.29 is 5.11 Å². The van der Waals surface area contributed by atoms with Crippen molar-refractivity contribution in [3.63, 3.8) is 0 Å². The van der Waals surface area contributed by atoms with Gasteiger partial charge in [-0.05, 0) is 25.1 Å². The van der Waals surface area contributed by atoms with E-state index in [1.54, 1.807) is 0 Å². The summed E-state index contributed by atoms with van der Waals surface area (Å²) < 4.78 is 0. The molecule has 0 amide bonds. The van der Waals surface area contributed by atoms with Crippen LogP contribution in [0.2, 0.25) is 0 Å². The van der Waals surface area contributed by atoms with Gasteiger partial charge in [0.15, 0.2) is 0 Å². The zero-order valence-electron chi connectivity index (χ0n) is 6.83. The van der Waals surface area contributed by atoms with Crippen LogP contribution in [0.3, 0.4) is 0 Å². The summed E-state index contributed by atoms with van der Waals surface area (Å²) in [6.45, 7) is 1.11. The Morgan fingerprint density at radius 2 is 2.42 bits per heavy atom. The van der Waals surface area contributed by atoms with Crippen molar-refractivity contribution in [2.75, 3.05) is 6.54 Å². The second-order valence-electron chi connectivity index (χ2n) is 3.01. The molecule has 3 nitrogen and oxygen atoms in total. The van der Waals surface area contributed by atoms with E-state index in [1.165, 1.54) is 0 Å². The van der Waals surface area contributed by atoms with Gasteiger partial charge in [0.1, 0.15) is 0 Å². The Balaban J connectivity index is 2.19. The normalized spacial score (nSPS) is 21.9. The van der Waals surface area contributed by atoms with Gasteiger partial charge in [0.25, 0.3) is 0 Å². The standard InChI is InChI=1S/C9H12N2O/c12-6-7-2-1-3-9(11-7)8-4-5-10-8/h1-3,8,10,12H,4-6H2. The predicted molar refractivity (Wildman–Crippen MR) is 45.5 cm³/mol. The van der Waals surface area contributed by atoms with Crippen LogP contribution in [0.25, 0.3) is 0 Å². The summed E-state index contributed by atoms with van der Waals surface area (Å²) in [5.74, 6) is 0. The summed E-state index contributed by atoms with van der Waals surface area (Å²) in [7, 11) is 0. The summed E-state index contributed by atoms with van der Waals surface area (Å²) in [4.78, 5) is 4.30. The Labute approximate surface area is 71.4 Å². The van der Waals surface area contributed by atoms with E-state index in [4.69, 9.17) is 5.11 Å². The number of nitrogens with zero attached hydrogens (tertiary/aromatic N) is 1. The topological polar surface area (TPSA) is 45.1 Å². The molecule has 1 aromatic heterocycles. The maximum atomic E-state index is 8.85. The molecule has 0 radical (unpaired) electrons. The van der Waals surface area contributed by atoms with E-state index >= 15 is 0 Å². The van der Waals surface area contributed by atoms with E-state index in [0.717, 1.165) is 24.4 Å². The van der Waals surface area contributed by atoms with Crippen LogP contribution in [0, 0.1) is 0 Å². The number of hydrogen-bond acceptors (Lipinski definition) is 3. The van der Waals surface area contributed by atoms with E-state index in [-0.39, 0.29) is 6.61 Å². The molecule has 1 atom stereocenters. The van der Waals surface area contributed by atoms with Gasteiger partial charge in [-0.3, -0.25) is 4.98 Å². The Kier molecular flexibility index (Phi) is 2.06. The van der Waals surface area contributed by atoms with E-state index < -0.39 is 0 Å². The summed E-state index contributed by atoms with van der Waals surface area (Å²) >= 11 is 0. The molecule has 3 heteroatoms. The third-order valence-electron chi connectivity index (χ3n) is 2.17. The number of pyridine rings is 1. The lowest BCUT2D eigenvalue weighted by atomic mass is 10.0. The van der Waals surface area contributed by atoms with Crippen molar-refractivity contribution in [3.05, 3.63) is 29.6 Å². The molecule has 1 aliphatic heterocycles. The molecule has 0 spiro atoms. The summed E-state index contributed by atoms with van der Waals surface area (Å²) in [5.41, 5.74) is 1.80. The number of aliphatic hydroxyl groups is 1. The molecule has 1 unspecified atom stereocenters. The first kappa shape index (κ1) is 7.71. The summed E-state index contributed by atoms with van der Waals surface area (Å²) in [5, 5.41) is 12.1. The second kappa shape index (κ2) is 3.21. The van der Waals surface area contributed by atoms with Crippen LogP contribution < -0.4 is 5.32 Å². The fourth-order valence-corrected chi connectivity index (χ4v) is 1.32. The fourth-order valence-electron chi connectivity index (χ4n) is 1.32. The molecule has 2 N–H and O–H groups in total. The highest BCUT2D eigenvalue weighted by molar-refractivity contribution is 5.15. The van der Waals surface area contributed by atoms with Gasteiger partial charge in [-0.25, -0.2) is 0 Å². The van der Waals surface area contributed by atoms with E-state index in [9.17, 15) is 0 Å². The number of aromatic nitrogens is 1. The lowest BCUT2D eigenvalue weighted by molar-refractivity contribution is 0.275. The first-order valence-electron chi connectivity index (χ1n) is 4.20. The lowest BCUT2D eigenvalue weighted by Crippen LogP contribution is -2.35. The highest BCUT2D eigenvalue weighted by atomic mass is 16.3. The van der Waals surface area contributed by atoms with Crippen molar-refractivity contribution in [1.29, 1.82) is 0 Å². The molecule has 1 fully saturated rings. The Morgan fingerprint density at radius 1 is 1.58 bits per heavy atom. The van der Waals surface area contributed by atoms with Gasteiger partial charge in [0, 0.05) is 0 Å². The number of rotatable bonds is 2. The molecule has 0 aliphatic carbocycles. The molecular formula is C9H12N2O. The van der Waals surface area contributed by atoms with Gasteiger partial charge in [0.05, 0.1) is 24.0 Å². The van der Waals surface area contributed by atoms with Crippen LogP contribution >= 0.6 is 0 Å². The van der Waals surface area contributed by atoms with Gasteiger partial charge in [-0.15, -0.1) is 0 Å². The Bertz CT molecular complexity index is 271. The molecule has 0 bridgehead atoms. The molecule has 1 saturated heterocycles. The molecule has 64 valence electrons. The molecule has 2 heterocycles. The largest absolute Gasteiger partial charge is 0.390 e. The van der Waals surface area contributed by atoms with Crippen LogP contribution in [-0.4, -0.2) is 16.6 Å². The summed E-state index contributed by atoms with van der Waals surface area (Å²) in [6.07, 6.45) is 1.15. The van der Waals surface area contributed by atoms with Gasteiger partial charge in [-0.1, -0.05) is 6.07 Å². The Hall–Kier alpha value is -0.930. The molecular weight excluding hydrogens is 152 g/mol. The van der Waals surface area contributed by atoms with Crippen molar-refractivity contribution in [1.82, 2.24) is 10.3 Å². The third kappa shape index (κ3) is 1.33. The first-order chi connectivity index (χ1) is 5.90. The van der Waals surface area contributed by atoms with Crippen molar-refractivity contribution in [3.8, 4) is 0 Å². The monoisotopic (exact) mass is 164 g/mol. The van der Waals surface area contributed by atoms with Crippen LogP contribution in [0.4, 0.5) is 0 Å². The minimum Gasteiger partial charge on any atom is -0.390 e. The smallest absolute Gasteiger partial charge is 0.0853 e. The number of aliphatic hydroxyl groups excluding tert-OH is 1. The molecule has 12 heavy (non-hydrogen) atoms. The van der Waals surface area contributed by atoms with Crippen molar-refractivity contribution >= 4 is 0 Å². The molecule has 1 aromatic rings. The van der Waals surface area contributed by atoms with Crippen molar-refractivity contribution in [2.24, 2.45) is 0 Å². The van der Waals surface area contributed by atoms with Crippen LogP contribution in [0.5, 0.6) is 0 Å². The van der Waals surface area contributed by atoms with Gasteiger partial charge < -0.3 is 10.4 Å². The van der Waals surface area contributed by atoms with Crippen LogP contribution in [0.15, 0.2) is 18.2 Å². The zero-order chi connectivity index (χ0) is 8.39. The van der Waals surface area contributed by atoms with Gasteiger partial charge >= 0.3 is 0 Å². The Morgan fingerprint density at radius 3 is 3.00 bits per heavy atom. The highest BCUT2D eigenvalue weighted by Gasteiger charge is 2.19. The SMILES string of the molecule is OCc1cccc(C2CCN2)n1. The number of nitrogens with one attached hydrogen (secondary N) is 1. The lowest BCUT2D eigenvalue weighted by Gasteiger charge is -2.27. The maximum absolute atomic E-state index is 8.85. The predicted octanol–water partition coefficient (Wildman–Crippen LogP) is 0.608. The fraction of sp³-hybridized carbons (Fsp3) is 0.444. The zero-order valence-corrected chi connectivity index (χ0v) is 6.83. The van der Waals surface area contributed by atoms with Crippen LogP contribution in [-0.2, 0) is 6.61 Å². The van der Waals surface area contributed by atoms with Crippen molar-refractivity contribution in [2.45, 2.75) is 19.1 Å². The molecule has 2 rings (SSSR count). The average molecular weight is 164 g/mol. The maximum Gasteiger partial charge on any atom is 0.0853 e. The average Bonchev–Trinajstić information content (AvgIpc) is 2.02.